The molecule has 1 aliphatic heterocycles. The topological polar surface area (TPSA) is 103 Å². The van der Waals surface area contributed by atoms with Crippen LogP contribution in [0.4, 0.5) is 0 Å². The third-order valence-corrected chi connectivity index (χ3v) is 7.98. The molecule has 0 radical (unpaired) electrons. The number of fused-ring (bicyclic) bond motifs is 4. The zero-order valence-corrected chi connectivity index (χ0v) is 19.4. The Morgan fingerprint density at radius 2 is 1.67 bits per heavy atom. The molecule has 1 aromatic heterocycles. The van der Waals surface area contributed by atoms with Gasteiger partial charge in [-0.15, -0.1) is 0 Å². The first-order chi connectivity index (χ1) is 15.5. The Labute approximate surface area is 190 Å². The van der Waals surface area contributed by atoms with Gasteiger partial charge in [-0.25, -0.2) is 23.5 Å². The van der Waals surface area contributed by atoms with Gasteiger partial charge in [-0.1, -0.05) is 25.1 Å². The number of aryl methyl sites for hydroxylation is 2. The van der Waals surface area contributed by atoms with Crippen LogP contribution in [0.1, 0.15) is 48.9 Å². The Morgan fingerprint density at radius 1 is 1.03 bits per heavy atom. The van der Waals surface area contributed by atoms with Crippen LogP contribution in [0, 0.1) is 25.2 Å². The Hall–Kier alpha value is -3.42. The fourth-order valence-electron chi connectivity index (χ4n) is 6.19. The van der Waals surface area contributed by atoms with Gasteiger partial charge in [-0.05, 0) is 61.1 Å². The number of phenolic OH excluding ortho intramolecular Hbond substituents is 1. The summed E-state index contributed by atoms with van der Waals surface area (Å²) >= 11 is 0. The van der Waals surface area contributed by atoms with Crippen molar-refractivity contribution in [2.75, 3.05) is 0 Å². The van der Waals surface area contributed by atoms with Gasteiger partial charge in [0.1, 0.15) is 5.75 Å². The summed E-state index contributed by atoms with van der Waals surface area (Å²) in [5.74, 6) is -1.13. The van der Waals surface area contributed by atoms with Crippen molar-refractivity contribution in [2.24, 2.45) is 18.4 Å². The molecular formula is C25H27N3O5. The van der Waals surface area contributed by atoms with Crippen molar-refractivity contribution in [3.63, 3.8) is 0 Å². The third kappa shape index (κ3) is 2.63. The van der Waals surface area contributed by atoms with E-state index in [-0.39, 0.29) is 30.3 Å². The minimum Gasteiger partial charge on any atom is -0.507 e. The number of allylic oxidation sites excluding steroid dienone is 4. The molecule has 1 aromatic carbocycles. The van der Waals surface area contributed by atoms with Gasteiger partial charge in [0, 0.05) is 18.9 Å². The molecule has 8 heteroatoms. The molecule has 1 saturated carbocycles. The maximum absolute atomic E-state index is 13.5. The van der Waals surface area contributed by atoms with Crippen molar-refractivity contribution in [1.29, 1.82) is 0 Å². The van der Waals surface area contributed by atoms with Gasteiger partial charge < -0.3 is 5.11 Å². The van der Waals surface area contributed by atoms with E-state index in [1.54, 1.807) is 20.8 Å². The average molecular weight is 450 g/mol. The van der Waals surface area contributed by atoms with E-state index in [1.807, 2.05) is 25.1 Å². The molecule has 2 aromatic rings. The van der Waals surface area contributed by atoms with Crippen molar-refractivity contribution >= 4 is 11.6 Å². The van der Waals surface area contributed by atoms with Crippen LogP contribution >= 0.6 is 0 Å². The largest absolute Gasteiger partial charge is 0.507 e. The second-order valence-electron chi connectivity index (χ2n) is 9.83. The normalized spacial score (nSPS) is 28.6. The van der Waals surface area contributed by atoms with Crippen LogP contribution in [0.5, 0.6) is 5.75 Å². The van der Waals surface area contributed by atoms with E-state index in [0.29, 0.717) is 16.7 Å². The van der Waals surface area contributed by atoms with E-state index in [1.165, 1.54) is 22.5 Å². The minimum absolute atomic E-state index is 0.100. The molecule has 0 amide bonds. The molecule has 4 atom stereocenters. The predicted octanol–water partition coefficient (Wildman–Crippen LogP) is 2.06. The van der Waals surface area contributed by atoms with Crippen LogP contribution in [-0.4, -0.2) is 30.6 Å². The number of benzene rings is 1. The number of aromatic nitrogens is 3. The lowest BCUT2D eigenvalue weighted by Gasteiger charge is -2.52. The van der Waals surface area contributed by atoms with Crippen molar-refractivity contribution in [1.82, 2.24) is 13.9 Å². The Kier molecular flexibility index (Phi) is 4.41. The van der Waals surface area contributed by atoms with Crippen LogP contribution in [0.15, 0.2) is 45.0 Å². The Bertz CT molecular complexity index is 1410. The first kappa shape index (κ1) is 21.4. The fraction of sp³-hybridized carbons (Fsp3) is 0.440. The van der Waals surface area contributed by atoms with Gasteiger partial charge in [0.2, 0.25) is 0 Å². The summed E-state index contributed by atoms with van der Waals surface area (Å²) in [4.78, 5) is 52.6. The van der Waals surface area contributed by atoms with Gasteiger partial charge >= 0.3 is 11.4 Å². The first-order valence-corrected chi connectivity index (χ1v) is 11.1. The number of hydrogen-bond donors (Lipinski definition) is 1. The van der Waals surface area contributed by atoms with Crippen molar-refractivity contribution in [3.8, 4) is 5.75 Å². The minimum atomic E-state index is -1.03. The Morgan fingerprint density at radius 3 is 2.30 bits per heavy atom. The molecular weight excluding hydrogens is 422 g/mol. The highest BCUT2D eigenvalue weighted by molar-refractivity contribution is 6.13. The summed E-state index contributed by atoms with van der Waals surface area (Å²) in [6, 6.07) is 3.20. The number of nitrogens with zero attached hydrogens (tertiary/aromatic N) is 3. The van der Waals surface area contributed by atoms with Gasteiger partial charge in [-0.2, -0.15) is 0 Å². The third-order valence-electron chi connectivity index (χ3n) is 7.98. The SMILES string of the molecule is CC1=CC(=O)C2(C)C(CC3C(=CCn4c(=O)n(C)c(=O)n43)C2c2cc(C)c(O)c(C)c2)C1=O. The number of carbonyl (C=O) groups excluding carboxylic acids is 2. The molecule has 3 aliphatic rings. The highest BCUT2D eigenvalue weighted by atomic mass is 16.3. The van der Waals surface area contributed by atoms with Crippen molar-refractivity contribution in [3.05, 3.63) is 73.1 Å². The van der Waals surface area contributed by atoms with E-state index in [4.69, 9.17) is 0 Å². The summed E-state index contributed by atoms with van der Waals surface area (Å²) in [6.45, 7) is 7.32. The number of phenols is 1. The quantitative estimate of drug-likeness (QED) is 0.672. The Balaban J connectivity index is 1.81. The molecule has 1 N–H and O–H groups in total. The zero-order chi connectivity index (χ0) is 24.0. The highest BCUT2D eigenvalue weighted by Crippen LogP contribution is 2.59. The summed E-state index contributed by atoms with van der Waals surface area (Å²) < 4.78 is 3.94. The number of hydrogen-bond acceptors (Lipinski definition) is 5. The predicted molar refractivity (Wildman–Crippen MR) is 121 cm³/mol. The standard InChI is InChI=1S/C25H27N3O5/c1-12-8-15(9-13(2)21(12)30)20-16-6-7-27-23(32)26(5)24(33)28(27)18(16)11-17-22(31)14(3)10-19(29)25(17,20)4/h6,8-10,17-18,20,30H,7,11H2,1-5H3. The molecule has 0 saturated heterocycles. The molecule has 2 aliphatic carbocycles. The molecule has 0 spiro atoms. The van der Waals surface area contributed by atoms with E-state index >= 15 is 0 Å². The van der Waals surface area contributed by atoms with Crippen LogP contribution in [-0.2, 0) is 23.2 Å². The van der Waals surface area contributed by atoms with Crippen molar-refractivity contribution in [2.45, 2.75) is 52.6 Å². The molecule has 0 bridgehead atoms. The number of rotatable bonds is 1. The molecule has 1 fully saturated rings. The summed E-state index contributed by atoms with van der Waals surface area (Å²) in [6.07, 6.45) is 3.65. The average Bonchev–Trinajstić information content (AvgIpc) is 2.99. The van der Waals surface area contributed by atoms with Gasteiger partial charge in [0.05, 0.1) is 18.0 Å². The van der Waals surface area contributed by atoms with Gasteiger partial charge in [0.15, 0.2) is 11.6 Å². The van der Waals surface area contributed by atoms with E-state index < -0.39 is 34.7 Å². The second-order valence-corrected chi connectivity index (χ2v) is 9.83. The van der Waals surface area contributed by atoms with Gasteiger partial charge in [0.25, 0.3) is 0 Å². The monoisotopic (exact) mass is 449 g/mol. The zero-order valence-electron chi connectivity index (χ0n) is 19.4. The van der Waals surface area contributed by atoms with E-state index in [0.717, 1.165) is 15.7 Å². The second kappa shape index (κ2) is 6.79. The lowest BCUT2D eigenvalue weighted by molar-refractivity contribution is -0.139. The molecule has 4 unspecified atom stereocenters. The number of Topliss-reactive ketones (excluding diaryl/α,β-unsaturated/α-hetero) is 1. The van der Waals surface area contributed by atoms with E-state index in [2.05, 4.69) is 0 Å². The number of aromatic hydroxyl groups is 1. The fourth-order valence-corrected chi connectivity index (χ4v) is 6.19. The molecule has 5 rings (SSSR count). The highest BCUT2D eigenvalue weighted by Gasteiger charge is 2.59. The summed E-state index contributed by atoms with van der Waals surface area (Å²) in [5.41, 5.74) is 1.59. The van der Waals surface area contributed by atoms with Crippen LogP contribution in [0.25, 0.3) is 0 Å². The maximum atomic E-state index is 13.5. The van der Waals surface area contributed by atoms with Crippen molar-refractivity contribution < 1.29 is 14.7 Å². The molecule has 33 heavy (non-hydrogen) atoms. The summed E-state index contributed by atoms with van der Waals surface area (Å²) in [5, 5.41) is 10.4. The van der Waals surface area contributed by atoms with Crippen LogP contribution < -0.4 is 11.4 Å². The smallest absolute Gasteiger partial charge is 0.347 e. The van der Waals surface area contributed by atoms with Crippen LogP contribution in [0.2, 0.25) is 0 Å². The molecule has 172 valence electrons. The number of ketones is 2. The molecule has 2 heterocycles. The lowest BCUT2D eigenvalue weighted by atomic mass is 9.51. The first-order valence-electron chi connectivity index (χ1n) is 11.1. The van der Waals surface area contributed by atoms with Gasteiger partial charge in [-0.3, -0.25) is 9.59 Å². The van der Waals surface area contributed by atoms with Crippen LogP contribution in [0.3, 0.4) is 0 Å². The molecule has 8 nitrogen and oxygen atoms in total. The summed E-state index contributed by atoms with van der Waals surface area (Å²) in [7, 11) is 1.45. The lowest BCUT2D eigenvalue weighted by Crippen LogP contribution is -2.54. The van der Waals surface area contributed by atoms with E-state index in [9.17, 15) is 24.3 Å². The maximum Gasteiger partial charge on any atom is 0.347 e. The number of carbonyl (C=O) groups is 2.